The van der Waals surface area contributed by atoms with Crippen LogP contribution in [0.4, 0.5) is 0 Å². The molecule has 1 aromatic heterocycles. The van der Waals surface area contributed by atoms with Gasteiger partial charge in [-0.2, -0.15) is 5.10 Å². The lowest BCUT2D eigenvalue weighted by Crippen LogP contribution is -2.65. The van der Waals surface area contributed by atoms with E-state index in [4.69, 9.17) is 5.10 Å². The molecule has 6 nitrogen and oxygen atoms in total. The first-order valence-corrected chi connectivity index (χ1v) is 12.1. The maximum atomic E-state index is 13.5. The number of amides is 2. The maximum Gasteiger partial charge on any atom is 0.273 e. The summed E-state index contributed by atoms with van der Waals surface area (Å²) in [6.07, 6.45) is 6.39. The van der Waals surface area contributed by atoms with E-state index in [1.165, 1.54) is 12.0 Å². The SMILES string of the molecule is CCCN1C(=O)c2cc(-c3ccc(C(C)C)cc3)nn2C[C@]1(C)C(=O)NC1CCCCC1. The van der Waals surface area contributed by atoms with E-state index in [-0.39, 0.29) is 17.9 Å². The molecule has 0 unspecified atom stereocenters. The average Bonchev–Trinajstić information content (AvgIpc) is 3.21. The molecule has 0 radical (unpaired) electrons. The molecule has 1 atom stereocenters. The van der Waals surface area contributed by atoms with Gasteiger partial charge in [0.1, 0.15) is 11.2 Å². The molecule has 2 amide bonds. The Kier molecular flexibility index (Phi) is 6.40. The summed E-state index contributed by atoms with van der Waals surface area (Å²) in [5.41, 5.74) is 2.65. The highest BCUT2D eigenvalue weighted by Crippen LogP contribution is 2.31. The van der Waals surface area contributed by atoms with Crippen LogP contribution in [0.3, 0.4) is 0 Å². The second-order valence-electron chi connectivity index (χ2n) is 9.89. The van der Waals surface area contributed by atoms with Crippen LogP contribution in [-0.4, -0.2) is 44.6 Å². The highest BCUT2D eigenvalue weighted by molar-refractivity contribution is 6.00. The van der Waals surface area contributed by atoms with Crippen molar-refractivity contribution in [3.05, 3.63) is 41.6 Å². The molecule has 1 fully saturated rings. The van der Waals surface area contributed by atoms with E-state index in [1.807, 2.05) is 19.9 Å². The second kappa shape index (κ2) is 9.08. The second-order valence-corrected chi connectivity index (χ2v) is 9.89. The molecule has 2 aliphatic rings. The molecule has 0 spiro atoms. The predicted molar refractivity (Wildman–Crippen MR) is 127 cm³/mol. The van der Waals surface area contributed by atoms with Gasteiger partial charge in [-0.15, -0.1) is 0 Å². The normalized spacial score (nSPS) is 21.7. The number of fused-ring (bicyclic) bond motifs is 1. The third-order valence-corrected chi connectivity index (χ3v) is 7.05. The molecule has 0 bridgehead atoms. The van der Waals surface area contributed by atoms with Crippen LogP contribution >= 0.6 is 0 Å². The number of hydrogen-bond acceptors (Lipinski definition) is 3. The number of carbonyl (C=O) groups is 2. The van der Waals surface area contributed by atoms with E-state index in [0.717, 1.165) is 43.4 Å². The zero-order valence-electron chi connectivity index (χ0n) is 19.9. The first-order valence-electron chi connectivity index (χ1n) is 12.1. The summed E-state index contributed by atoms with van der Waals surface area (Å²) in [6, 6.07) is 10.4. The van der Waals surface area contributed by atoms with Crippen molar-refractivity contribution in [1.82, 2.24) is 20.0 Å². The van der Waals surface area contributed by atoms with Gasteiger partial charge in [0.25, 0.3) is 5.91 Å². The van der Waals surface area contributed by atoms with E-state index in [0.29, 0.717) is 24.7 Å². The number of nitrogens with zero attached hydrogens (tertiary/aromatic N) is 3. The summed E-state index contributed by atoms with van der Waals surface area (Å²) in [4.78, 5) is 28.7. The van der Waals surface area contributed by atoms with E-state index in [2.05, 4.69) is 43.4 Å². The van der Waals surface area contributed by atoms with Crippen molar-refractivity contribution >= 4 is 11.8 Å². The molecule has 2 aromatic rings. The number of carbonyl (C=O) groups excluding carboxylic acids is 2. The molecule has 0 saturated heterocycles. The Morgan fingerprint density at radius 2 is 1.88 bits per heavy atom. The van der Waals surface area contributed by atoms with Crippen molar-refractivity contribution in [2.24, 2.45) is 0 Å². The minimum absolute atomic E-state index is 0.0600. The lowest BCUT2D eigenvalue weighted by atomic mass is 9.91. The van der Waals surface area contributed by atoms with Crippen molar-refractivity contribution in [2.75, 3.05) is 6.54 Å². The topological polar surface area (TPSA) is 67.2 Å². The molecule has 1 aliphatic carbocycles. The van der Waals surface area contributed by atoms with Gasteiger partial charge in [0.15, 0.2) is 0 Å². The van der Waals surface area contributed by atoms with Gasteiger partial charge in [-0.3, -0.25) is 14.3 Å². The fourth-order valence-electron chi connectivity index (χ4n) is 4.98. The quantitative estimate of drug-likeness (QED) is 0.711. The van der Waals surface area contributed by atoms with E-state index in [9.17, 15) is 9.59 Å². The monoisotopic (exact) mass is 436 g/mol. The van der Waals surface area contributed by atoms with Crippen molar-refractivity contribution in [3.63, 3.8) is 0 Å². The Morgan fingerprint density at radius 1 is 1.19 bits per heavy atom. The lowest BCUT2D eigenvalue weighted by molar-refractivity contribution is -0.134. The molecule has 1 N–H and O–H groups in total. The molecule has 172 valence electrons. The Balaban J connectivity index is 1.63. The van der Waals surface area contributed by atoms with Crippen LogP contribution in [0.1, 0.15) is 88.2 Å². The Hall–Kier alpha value is -2.63. The first kappa shape index (κ1) is 22.6. The Bertz CT molecular complexity index is 972. The van der Waals surface area contributed by atoms with Gasteiger partial charge < -0.3 is 10.2 Å². The fourth-order valence-corrected chi connectivity index (χ4v) is 4.98. The number of nitrogens with one attached hydrogen (secondary N) is 1. The Labute approximate surface area is 191 Å². The van der Waals surface area contributed by atoms with E-state index in [1.54, 1.807) is 9.58 Å². The zero-order chi connectivity index (χ0) is 22.9. The predicted octanol–water partition coefficient (Wildman–Crippen LogP) is 4.75. The summed E-state index contributed by atoms with van der Waals surface area (Å²) in [6.45, 7) is 9.20. The van der Waals surface area contributed by atoms with Crippen LogP contribution in [0, 0.1) is 0 Å². The van der Waals surface area contributed by atoms with Gasteiger partial charge in [0.05, 0.1) is 12.2 Å². The molecule has 1 aromatic carbocycles. The zero-order valence-corrected chi connectivity index (χ0v) is 19.9. The van der Waals surface area contributed by atoms with E-state index >= 15 is 0 Å². The third-order valence-electron chi connectivity index (χ3n) is 7.05. The van der Waals surface area contributed by atoms with Crippen molar-refractivity contribution in [1.29, 1.82) is 0 Å². The van der Waals surface area contributed by atoms with Crippen LogP contribution in [-0.2, 0) is 11.3 Å². The highest BCUT2D eigenvalue weighted by Gasteiger charge is 2.48. The maximum absolute atomic E-state index is 13.5. The van der Waals surface area contributed by atoms with Gasteiger partial charge in [-0.25, -0.2) is 0 Å². The van der Waals surface area contributed by atoms with Crippen LogP contribution in [0.15, 0.2) is 30.3 Å². The standard InChI is InChI=1S/C26H36N4O2/c1-5-15-29-24(31)23-16-22(20-13-11-19(12-14-20)18(2)3)28-30(23)17-26(29,4)25(32)27-21-9-7-6-8-10-21/h11-14,16,18,21H,5-10,15,17H2,1-4H3,(H,27,32)/t26-/m1/s1. The van der Waals surface area contributed by atoms with Crippen molar-refractivity contribution in [3.8, 4) is 11.3 Å². The van der Waals surface area contributed by atoms with Gasteiger partial charge >= 0.3 is 0 Å². The molecular weight excluding hydrogens is 400 g/mol. The summed E-state index contributed by atoms with van der Waals surface area (Å²) in [7, 11) is 0. The van der Waals surface area contributed by atoms with Crippen LogP contribution in [0.2, 0.25) is 0 Å². The minimum atomic E-state index is -0.942. The molecule has 1 saturated carbocycles. The third kappa shape index (κ3) is 4.19. The fraction of sp³-hybridized carbons (Fsp3) is 0.577. The van der Waals surface area contributed by atoms with Gasteiger partial charge in [-0.1, -0.05) is 64.3 Å². The summed E-state index contributed by atoms with van der Waals surface area (Å²) in [5, 5.41) is 8.00. The van der Waals surface area contributed by atoms with Gasteiger partial charge in [-0.05, 0) is 43.7 Å². The minimum Gasteiger partial charge on any atom is -0.351 e. The lowest BCUT2D eigenvalue weighted by Gasteiger charge is -2.44. The summed E-state index contributed by atoms with van der Waals surface area (Å²) < 4.78 is 1.74. The van der Waals surface area contributed by atoms with Crippen LogP contribution in [0.25, 0.3) is 11.3 Å². The molecule has 4 rings (SSSR count). The molecule has 2 heterocycles. The van der Waals surface area contributed by atoms with Crippen molar-refractivity contribution in [2.45, 2.75) is 90.3 Å². The average molecular weight is 437 g/mol. The molecule has 1 aliphatic heterocycles. The molecular formula is C26H36N4O2. The highest BCUT2D eigenvalue weighted by atomic mass is 16.2. The summed E-state index contributed by atoms with van der Waals surface area (Å²) in [5.74, 6) is 0.291. The molecule has 6 heteroatoms. The number of rotatable bonds is 6. The number of aromatic nitrogens is 2. The largest absolute Gasteiger partial charge is 0.351 e. The summed E-state index contributed by atoms with van der Waals surface area (Å²) >= 11 is 0. The van der Waals surface area contributed by atoms with Crippen molar-refractivity contribution < 1.29 is 9.59 Å². The van der Waals surface area contributed by atoms with Crippen LogP contribution < -0.4 is 5.32 Å². The Morgan fingerprint density at radius 3 is 2.50 bits per heavy atom. The number of hydrogen-bond donors (Lipinski definition) is 1. The number of benzene rings is 1. The van der Waals surface area contributed by atoms with Crippen LogP contribution in [0.5, 0.6) is 0 Å². The van der Waals surface area contributed by atoms with E-state index < -0.39 is 5.54 Å². The van der Waals surface area contributed by atoms with Gasteiger partial charge in [0.2, 0.25) is 5.91 Å². The smallest absolute Gasteiger partial charge is 0.273 e. The van der Waals surface area contributed by atoms with Gasteiger partial charge in [0, 0.05) is 18.2 Å². The molecule has 32 heavy (non-hydrogen) atoms. The first-order chi connectivity index (χ1) is 15.3.